The summed E-state index contributed by atoms with van der Waals surface area (Å²) in [5.41, 5.74) is 5.81. The predicted molar refractivity (Wildman–Crippen MR) is 92.1 cm³/mol. The van der Waals surface area contributed by atoms with Gasteiger partial charge in [-0.1, -0.05) is 25.3 Å². The summed E-state index contributed by atoms with van der Waals surface area (Å²) in [7, 11) is 0. The fourth-order valence-corrected chi connectivity index (χ4v) is 2.88. The SMILES string of the molecule is Cc1cccc(-n2cnc(C(=O)NNC(=O)NC3CCCCC3)c2)n1. The lowest BCUT2D eigenvalue weighted by Gasteiger charge is -2.22. The quantitative estimate of drug-likeness (QED) is 0.741. The van der Waals surface area contributed by atoms with Crippen molar-refractivity contribution >= 4 is 11.9 Å². The van der Waals surface area contributed by atoms with Crippen LogP contribution < -0.4 is 16.2 Å². The van der Waals surface area contributed by atoms with Crippen LogP contribution in [0.5, 0.6) is 0 Å². The zero-order chi connectivity index (χ0) is 17.6. The van der Waals surface area contributed by atoms with Crippen molar-refractivity contribution in [2.24, 2.45) is 0 Å². The highest BCUT2D eigenvalue weighted by Gasteiger charge is 2.16. The van der Waals surface area contributed by atoms with Gasteiger partial charge in [0.15, 0.2) is 0 Å². The monoisotopic (exact) mass is 342 g/mol. The lowest BCUT2D eigenvalue weighted by Crippen LogP contribution is -2.50. The van der Waals surface area contributed by atoms with Crippen molar-refractivity contribution in [3.05, 3.63) is 42.1 Å². The zero-order valence-corrected chi connectivity index (χ0v) is 14.2. The number of hydrazine groups is 1. The molecule has 3 amide bonds. The van der Waals surface area contributed by atoms with Crippen molar-refractivity contribution in [3.8, 4) is 5.82 Å². The molecule has 1 aliphatic rings. The van der Waals surface area contributed by atoms with Crippen molar-refractivity contribution in [2.45, 2.75) is 45.1 Å². The van der Waals surface area contributed by atoms with Gasteiger partial charge < -0.3 is 5.32 Å². The third-order valence-corrected chi connectivity index (χ3v) is 4.18. The van der Waals surface area contributed by atoms with E-state index in [1.807, 2.05) is 25.1 Å². The van der Waals surface area contributed by atoms with Crippen LogP contribution in [0, 0.1) is 6.92 Å². The molecule has 0 bridgehead atoms. The average Bonchev–Trinajstić information content (AvgIpc) is 3.11. The fraction of sp³-hybridized carbons (Fsp3) is 0.412. The number of nitrogens with one attached hydrogen (secondary N) is 3. The molecule has 0 atom stereocenters. The molecule has 0 radical (unpaired) electrons. The van der Waals surface area contributed by atoms with Gasteiger partial charge in [-0.2, -0.15) is 0 Å². The van der Waals surface area contributed by atoms with Gasteiger partial charge in [0, 0.05) is 17.9 Å². The summed E-state index contributed by atoms with van der Waals surface area (Å²) in [4.78, 5) is 32.4. The number of urea groups is 1. The van der Waals surface area contributed by atoms with Gasteiger partial charge in [-0.05, 0) is 31.9 Å². The number of carbonyl (C=O) groups excluding carboxylic acids is 2. The molecule has 132 valence electrons. The molecule has 3 N–H and O–H groups in total. The maximum Gasteiger partial charge on any atom is 0.333 e. The molecule has 1 aliphatic carbocycles. The molecule has 0 aliphatic heterocycles. The highest BCUT2D eigenvalue weighted by molar-refractivity contribution is 5.93. The first-order chi connectivity index (χ1) is 12.1. The van der Waals surface area contributed by atoms with Crippen LogP contribution >= 0.6 is 0 Å². The number of carbonyl (C=O) groups is 2. The predicted octanol–water partition coefficient (Wildman–Crippen LogP) is 1.85. The fourth-order valence-electron chi connectivity index (χ4n) is 2.88. The van der Waals surface area contributed by atoms with Gasteiger partial charge in [0.1, 0.15) is 17.8 Å². The van der Waals surface area contributed by atoms with Gasteiger partial charge in [0.25, 0.3) is 5.91 Å². The standard InChI is InChI=1S/C17H22N6O2/c1-12-6-5-9-15(19-12)23-10-14(18-11-23)16(24)21-22-17(25)20-13-7-3-2-4-8-13/h5-6,9-11,13H,2-4,7-8H2,1H3,(H,21,24)(H2,20,22,25). The van der Waals surface area contributed by atoms with Crippen LogP contribution in [0.25, 0.3) is 5.82 Å². The second-order valence-electron chi connectivity index (χ2n) is 6.19. The summed E-state index contributed by atoms with van der Waals surface area (Å²) in [5.74, 6) is 0.194. The van der Waals surface area contributed by atoms with E-state index in [0.29, 0.717) is 5.82 Å². The van der Waals surface area contributed by atoms with Crippen LogP contribution in [0.4, 0.5) is 4.79 Å². The largest absolute Gasteiger partial charge is 0.334 e. The lowest BCUT2D eigenvalue weighted by atomic mass is 9.96. The highest BCUT2D eigenvalue weighted by Crippen LogP contribution is 2.17. The Morgan fingerprint density at radius 2 is 1.96 bits per heavy atom. The highest BCUT2D eigenvalue weighted by atomic mass is 16.2. The van der Waals surface area contributed by atoms with Gasteiger partial charge >= 0.3 is 6.03 Å². The average molecular weight is 342 g/mol. The number of rotatable bonds is 3. The number of nitrogens with zero attached hydrogens (tertiary/aromatic N) is 3. The molecular formula is C17H22N6O2. The first kappa shape index (κ1) is 16.9. The van der Waals surface area contributed by atoms with E-state index in [2.05, 4.69) is 26.1 Å². The smallest absolute Gasteiger partial charge is 0.333 e. The van der Waals surface area contributed by atoms with E-state index in [0.717, 1.165) is 31.4 Å². The van der Waals surface area contributed by atoms with Crippen LogP contribution in [0.15, 0.2) is 30.7 Å². The molecule has 1 fully saturated rings. The number of imidazole rings is 1. The first-order valence-electron chi connectivity index (χ1n) is 8.47. The molecule has 0 saturated heterocycles. The number of aromatic nitrogens is 3. The molecule has 0 aromatic carbocycles. The van der Waals surface area contributed by atoms with Crippen LogP contribution in [0.1, 0.15) is 48.3 Å². The molecule has 0 unspecified atom stereocenters. The van der Waals surface area contributed by atoms with E-state index >= 15 is 0 Å². The molecule has 1 saturated carbocycles. The van der Waals surface area contributed by atoms with E-state index < -0.39 is 11.9 Å². The Morgan fingerprint density at radius 3 is 2.72 bits per heavy atom. The molecular weight excluding hydrogens is 320 g/mol. The Kier molecular flexibility index (Phi) is 5.27. The van der Waals surface area contributed by atoms with Gasteiger partial charge in [-0.25, -0.2) is 20.2 Å². The summed E-state index contributed by atoms with van der Waals surface area (Å²) in [5, 5.41) is 2.86. The van der Waals surface area contributed by atoms with E-state index in [-0.39, 0.29) is 11.7 Å². The minimum atomic E-state index is -0.481. The summed E-state index contributed by atoms with van der Waals surface area (Å²) < 4.78 is 1.66. The van der Waals surface area contributed by atoms with E-state index in [1.54, 1.807) is 10.8 Å². The Balaban J connectivity index is 1.52. The van der Waals surface area contributed by atoms with Crippen molar-refractivity contribution in [3.63, 3.8) is 0 Å². The normalized spacial score (nSPS) is 14.8. The topological polar surface area (TPSA) is 101 Å². The van der Waals surface area contributed by atoms with Crippen LogP contribution in [0.2, 0.25) is 0 Å². The van der Waals surface area contributed by atoms with E-state index in [9.17, 15) is 9.59 Å². The Labute approximate surface area is 146 Å². The minimum Gasteiger partial charge on any atom is -0.334 e. The van der Waals surface area contributed by atoms with Crippen molar-refractivity contribution in [1.82, 2.24) is 30.7 Å². The zero-order valence-electron chi connectivity index (χ0n) is 14.2. The summed E-state index contributed by atoms with van der Waals surface area (Å²) >= 11 is 0. The van der Waals surface area contributed by atoms with E-state index in [1.165, 1.54) is 12.7 Å². The molecule has 25 heavy (non-hydrogen) atoms. The summed E-state index contributed by atoms with van der Waals surface area (Å²) in [6.07, 6.45) is 8.51. The summed E-state index contributed by atoms with van der Waals surface area (Å²) in [6.45, 7) is 1.89. The minimum absolute atomic E-state index is 0.178. The molecule has 8 nitrogen and oxygen atoms in total. The Morgan fingerprint density at radius 1 is 1.16 bits per heavy atom. The first-order valence-corrected chi connectivity index (χ1v) is 8.47. The van der Waals surface area contributed by atoms with Crippen LogP contribution in [0.3, 0.4) is 0 Å². The van der Waals surface area contributed by atoms with E-state index in [4.69, 9.17) is 0 Å². The Hall–Kier alpha value is -2.90. The van der Waals surface area contributed by atoms with Crippen LogP contribution in [-0.4, -0.2) is 32.5 Å². The number of amides is 3. The molecule has 2 heterocycles. The molecule has 2 aromatic heterocycles. The van der Waals surface area contributed by atoms with Gasteiger partial charge in [0.05, 0.1) is 0 Å². The van der Waals surface area contributed by atoms with Gasteiger partial charge in [-0.15, -0.1) is 0 Å². The number of hydrogen-bond donors (Lipinski definition) is 3. The second kappa shape index (κ2) is 7.78. The van der Waals surface area contributed by atoms with Gasteiger partial charge in [-0.3, -0.25) is 14.8 Å². The molecule has 0 spiro atoms. The lowest BCUT2D eigenvalue weighted by molar-refractivity contribution is 0.0931. The third kappa shape index (κ3) is 4.56. The third-order valence-electron chi connectivity index (χ3n) is 4.18. The molecule has 2 aromatic rings. The van der Waals surface area contributed by atoms with Crippen molar-refractivity contribution in [2.75, 3.05) is 0 Å². The molecule has 3 rings (SSSR count). The Bertz CT molecular complexity index is 751. The van der Waals surface area contributed by atoms with Crippen molar-refractivity contribution in [1.29, 1.82) is 0 Å². The van der Waals surface area contributed by atoms with Gasteiger partial charge in [0.2, 0.25) is 0 Å². The molecule has 8 heteroatoms. The number of pyridine rings is 1. The van der Waals surface area contributed by atoms with Crippen LogP contribution in [-0.2, 0) is 0 Å². The number of hydrogen-bond acceptors (Lipinski definition) is 4. The maximum atomic E-state index is 12.1. The number of aryl methyl sites for hydroxylation is 1. The summed E-state index contributed by atoms with van der Waals surface area (Å²) in [6, 6.07) is 5.38. The second-order valence-corrected chi connectivity index (χ2v) is 6.19. The maximum absolute atomic E-state index is 12.1. The van der Waals surface area contributed by atoms with Crippen molar-refractivity contribution < 1.29 is 9.59 Å².